The molecule has 1 aliphatic carbocycles. The SMILES string of the molecule is NC(=O)CC(NC(=O)c1ccc(N2CC(F)(F)C2)c(OCC2CC2)n1)C1CCOC1. The monoisotopic (exact) mass is 424 g/mol. The van der Waals surface area contributed by atoms with Gasteiger partial charge in [0, 0.05) is 25.0 Å². The van der Waals surface area contributed by atoms with Gasteiger partial charge in [-0.15, -0.1) is 0 Å². The Balaban J connectivity index is 1.49. The topological polar surface area (TPSA) is 107 Å². The molecule has 4 rings (SSSR count). The Morgan fingerprint density at radius 1 is 1.33 bits per heavy atom. The van der Waals surface area contributed by atoms with Crippen LogP contribution in [0.3, 0.4) is 0 Å². The minimum atomic E-state index is -2.73. The van der Waals surface area contributed by atoms with Crippen LogP contribution in [0.4, 0.5) is 14.5 Å². The van der Waals surface area contributed by atoms with Gasteiger partial charge in [-0.1, -0.05) is 0 Å². The predicted octanol–water partition coefficient (Wildman–Crippen LogP) is 1.34. The fourth-order valence-corrected chi connectivity index (χ4v) is 3.73. The maximum absolute atomic E-state index is 13.3. The number of hydrogen-bond acceptors (Lipinski definition) is 6. The molecule has 0 aromatic carbocycles. The lowest BCUT2D eigenvalue weighted by Crippen LogP contribution is -2.56. The molecule has 1 saturated carbocycles. The van der Waals surface area contributed by atoms with Crippen molar-refractivity contribution in [2.45, 2.75) is 37.6 Å². The van der Waals surface area contributed by atoms with Crippen molar-refractivity contribution in [2.24, 2.45) is 17.6 Å². The van der Waals surface area contributed by atoms with Gasteiger partial charge in [0.2, 0.25) is 11.8 Å². The zero-order valence-corrected chi connectivity index (χ0v) is 16.6. The molecule has 2 unspecified atom stereocenters. The van der Waals surface area contributed by atoms with Gasteiger partial charge in [-0.05, 0) is 37.3 Å². The summed E-state index contributed by atoms with van der Waals surface area (Å²) in [5.74, 6) is -3.09. The molecule has 0 radical (unpaired) electrons. The Labute approximate surface area is 173 Å². The van der Waals surface area contributed by atoms with Crippen LogP contribution in [0.5, 0.6) is 5.88 Å². The average molecular weight is 424 g/mol. The minimum absolute atomic E-state index is 0.00497. The predicted molar refractivity (Wildman–Crippen MR) is 104 cm³/mol. The highest BCUT2D eigenvalue weighted by Crippen LogP contribution is 2.38. The van der Waals surface area contributed by atoms with Crippen LogP contribution in [0.25, 0.3) is 0 Å². The lowest BCUT2D eigenvalue weighted by atomic mass is 9.95. The molecule has 3 heterocycles. The summed E-state index contributed by atoms with van der Waals surface area (Å²) >= 11 is 0. The van der Waals surface area contributed by atoms with Crippen LogP contribution in [0.1, 0.15) is 36.2 Å². The number of carbonyl (C=O) groups is 2. The van der Waals surface area contributed by atoms with E-state index in [1.807, 2.05) is 0 Å². The van der Waals surface area contributed by atoms with E-state index in [0.717, 1.165) is 19.3 Å². The number of carbonyl (C=O) groups excluding carboxylic acids is 2. The smallest absolute Gasteiger partial charge is 0.282 e. The fraction of sp³-hybridized carbons (Fsp3) is 0.650. The number of amides is 2. The first-order chi connectivity index (χ1) is 14.3. The van der Waals surface area contributed by atoms with Crippen LogP contribution in [0.2, 0.25) is 0 Å². The number of anilines is 1. The van der Waals surface area contributed by atoms with Gasteiger partial charge in [0.25, 0.3) is 11.8 Å². The third-order valence-electron chi connectivity index (χ3n) is 5.68. The number of halogens is 2. The van der Waals surface area contributed by atoms with E-state index in [-0.39, 0.29) is 23.9 Å². The fourth-order valence-electron chi connectivity index (χ4n) is 3.73. The number of hydrogen-bond donors (Lipinski definition) is 2. The van der Waals surface area contributed by atoms with Crippen molar-refractivity contribution in [2.75, 3.05) is 37.8 Å². The van der Waals surface area contributed by atoms with E-state index in [1.54, 1.807) is 6.07 Å². The molecule has 1 aromatic heterocycles. The van der Waals surface area contributed by atoms with Crippen molar-refractivity contribution in [1.29, 1.82) is 0 Å². The van der Waals surface area contributed by atoms with Gasteiger partial charge in [-0.25, -0.2) is 13.8 Å². The molecule has 10 heteroatoms. The molecule has 3 fully saturated rings. The van der Waals surface area contributed by atoms with Gasteiger partial charge in [0.15, 0.2) is 0 Å². The van der Waals surface area contributed by atoms with Gasteiger partial charge in [0.05, 0.1) is 26.3 Å². The lowest BCUT2D eigenvalue weighted by Gasteiger charge is -2.40. The maximum Gasteiger partial charge on any atom is 0.282 e. The van der Waals surface area contributed by atoms with Crippen molar-refractivity contribution in [3.63, 3.8) is 0 Å². The molecule has 30 heavy (non-hydrogen) atoms. The first kappa shape index (κ1) is 20.8. The van der Waals surface area contributed by atoms with E-state index < -0.39 is 36.9 Å². The van der Waals surface area contributed by atoms with Crippen LogP contribution >= 0.6 is 0 Å². The minimum Gasteiger partial charge on any atom is -0.476 e. The number of nitrogens with two attached hydrogens (primary N) is 1. The van der Waals surface area contributed by atoms with E-state index >= 15 is 0 Å². The summed E-state index contributed by atoms with van der Waals surface area (Å²) in [6, 6.07) is 2.61. The van der Waals surface area contributed by atoms with Crippen LogP contribution in [-0.4, -0.2) is 61.7 Å². The molecule has 3 N–H and O–H groups in total. The van der Waals surface area contributed by atoms with Crippen LogP contribution in [-0.2, 0) is 9.53 Å². The van der Waals surface area contributed by atoms with Crippen LogP contribution < -0.4 is 20.7 Å². The molecule has 3 aliphatic rings. The quantitative estimate of drug-likeness (QED) is 0.620. The number of rotatable bonds is 9. The molecule has 0 spiro atoms. The summed E-state index contributed by atoms with van der Waals surface area (Å²) in [5, 5.41) is 2.83. The van der Waals surface area contributed by atoms with E-state index in [1.165, 1.54) is 11.0 Å². The molecule has 164 valence electrons. The summed E-state index contributed by atoms with van der Waals surface area (Å²) in [7, 11) is 0. The number of nitrogens with one attached hydrogen (secondary N) is 1. The van der Waals surface area contributed by atoms with E-state index in [9.17, 15) is 18.4 Å². The zero-order chi connectivity index (χ0) is 21.3. The normalized spacial score (nSPS) is 23.5. The van der Waals surface area contributed by atoms with Gasteiger partial charge in [-0.2, -0.15) is 0 Å². The van der Waals surface area contributed by atoms with E-state index in [4.69, 9.17) is 15.2 Å². The number of ether oxygens (including phenoxy) is 2. The number of pyridine rings is 1. The molecule has 1 aromatic rings. The highest BCUT2D eigenvalue weighted by atomic mass is 19.3. The molecule has 8 nitrogen and oxygen atoms in total. The molecule has 2 amide bonds. The first-order valence-corrected chi connectivity index (χ1v) is 10.2. The summed E-state index contributed by atoms with van der Waals surface area (Å²) in [5.41, 5.74) is 5.89. The van der Waals surface area contributed by atoms with E-state index in [2.05, 4.69) is 10.3 Å². The molecule has 0 bridgehead atoms. The lowest BCUT2D eigenvalue weighted by molar-refractivity contribution is -0.118. The number of aromatic nitrogens is 1. The number of nitrogens with zero attached hydrogens (tertiary/aromatic N) is 2. The van der Waals surface area contributed by atoms with Gasteiger partial charge >= 0.3 is 0 Å². The van der Waals surface area contributed by atoms with Gasteiger partial charge in [0.1, 0.15) is 11.4 Å². The number of primary amides is 1. The molecular weight excluding hydrogens is 398 g/mol. The summed E-state index contributed by atoms with van der Waals surface area (Å²) in [6.07, 6.45) is 2.86. The van der Waals surface area contributed by atoms with Crippen LogP contribution in [0, 0.1) is 11.8 Å². The zero-order valence-electron chi connectivity index (χ0n) is 16.6. The number of alkyl halides is 2. The molecule has 2 aliphatic heterocycles. The van der Waals surface area contributed by atoms with Gasteiger partial charge < -0.3 is 25.4 Å². The Morgan fingerprint density at radius 2 is 2.10 bits per heavy atom. The maximum atomic E-state index is 13.3. The Morgan fingerprint density at radius 3 is 2.70 bits per heavy atom. The molecule has 2 atom stereocenters. The first-order valence-electron chi connectivity index (χ1n) is 10.2. The highest BCUT2D eigenvalue weighted by molar-refractivity contribution is 5.93. The van der Waals surface area contributed by atoms with E-state index in [0.29, 0.717) is 31.4 Å². The summed E-state index contributed by atoms with van der Waals surface area (Å²) in [6.45, 7) is 0.662. The largest absolute Gasteiger partial charge is 0.476 e. The standard InChI is InChI=1S/C20H26F2N4O4/c21-20(22)10-26(11-20)16-4-3-14(25-19(16)30-8-12-1-2-12)18(28)24-15(7-17(23)27)13-5-6-29-9-13/h3-4,12-13,15H,1-2,5-11H2,(H2,23,27)(H,24,28). The second-order valence-electron chi connectivity index (χ2n) is 8.36. The van der Waals surface area contributed by atoms with Crippen molar-refractivity contribution in [1.82, 2.24) is 10.3 Å². The summed E-state index contributed by atoms with van der Waals surface area (Å²) < 4.78 is 37.8. The van der Waals surface area contributed by atoms with Crippen molar-refractivity contribution in [3.8, 4) is 5.88 Å². The highest BCUT2D eigenvalue weighted by Gasteiger charge is 2.45. The summed E-state index contributed by atoms with van der Waals surface area (Å²) in [4.78, 5) is 30.0. The van der Waals surface area contributed by atoms with Crippen molar-refractivity contribution in [3.05, 3.63) is 17.8 Å². The second kappa shape index (κ2) is 8.33. The Hall–Kier alpha value is -2.49. The second-order valence-corrected chi connectivity index (χ2v) is 8.36. The Bertz CT molecular complexity index is 804. The average Bonchev–Trinajstić information content (AvgIpc) is 3.34. The van der Waals surface area contributed by atoms with Crippen molar-refractivity contribution < 1.29 is 27.8 Å². The third kappa shape index (κ3) is 4.97. The van der Waals surface area contributed by atoms with Crippen molar-refractivity contribution >= 4 is 17.5 Å². The Kier molecular flexibility index (Phi) is 5.77. The van der Waals surface area contributed by atoms with Crippen LogP contribution in [0.15, 0.2) is 12.1 Å². The van der Waals surface area contributed by atoms with Gasteiger partial charge in [-0.3, -0.25) is 9.59 Å². The third-order valence-corrected chi connectivity index (χ3v) is 5.68. The molecular formula is C20H26F2N4O4. The molecule has 2 saturated heterocycles.